The number of aromatic nitrogens is 2. The molecule has 2 heterocycles. The minimum atomic E-state index is 0.118. The third kappa shape index (κ3) is 2.24. The Morgan fingerprint density at radius 2 is 2.05 bits per heavy atom. The average molecular weight is 317 g/mol. The number of rotatable bonds is 3. The first-order valence-corrected chi connectivity index (χ1v) is 6.83. The number of carbonyl (C=O) groups is 1. The summed E-state index contributed by atoms with van der Waals surface area (Å²) in [6, 6.07) is 11.8. The Morgan fingerprint density at radius 3 is 2.79 bits per heavy atom. The lowest BCUT2D eigenvalue weighted by Crippen LogP contribution is -2.12. The van der Waals surface area contributed by atoms with Gasteiger partial charge in [0.15, 0.2) is 5.78 Å². The second-order valence-corrected chi connectivity index (χ2v) is 5.49. The van der Waals surface area contributed by atoms with E-state index in [2.05, 4.69) is 22.0 Å². The maximum Gasteiger partial charge on any atom is 0.198 e. The molecule has 19 heavy (non-hydrogen) atoms. The van der Waals surface area contributed by atoms with Gasteiger partial charge in [0.05, 0.1) is 12.2 Å². The molecule has 3 nitrogen and oxygen atoms in total. The Hall–Kier alpha value is -1.81. The fourth-order valence-corrected chi connectivity index (χ4v) is 2.67. The largest absolute Gasteiger partial charge is 0.348 e. The molecular weight excluding hydrogens is 304 g/mol. The zero-order valence-electron chi connectivity index (χ0n) is 10.5. The van der Waals surface area contributed by atoms with Crippen molar-refractivity contribution in [3.05, 3.63) is 59.0 Å². The highest BCUT2D eigenvalue weighted by Gasteiger charge is 2.11. The molecule has 0 spiro atoms. The Morgan fingerprint density at radius 1 is 1.21 bits per heavy atom. The van der Waals surface area contributed by atoms with E-state index in [0.29, 0.717) is 6.54 Å². The summed E-state index contributed by atoms with van der Waals surface area (Å²) in [5.41, 5.74) is 1.81. The summed E-state index contributed by atoms with van der Waals surface area (Å²) in [7, 11) is 1.89. The van der Waals surface area contributed by atoms with Gasteiger partial charge in [0.1, 0.15) is 0 Å². The van der Waals surface area contributed by atoms with Gasteiger partial charge in [-0.1, -0.05) is 15.9 Å². The van der Waals surface area contributed by atoms with E-state index in [1.165, 1.54) is 0 Å². The van der Waals surface area contributed by atoms with Crippen molar-refractivity contribution < 1.29 is 4.79 Å². The molecule has 0 N–H and O–H groups in total. The predicted molar refractivity (Wildman–Crippen MR) is 79.4 cm³/mol. The summed E-state index contributed by atoms with van der Waals surface area (Å²) >= 11 is 3.45. The van der Waals surface area contributed by atoms with Gasteiger partial charge in [-0.05, 0) is 36.4 Å². The molecule has 0 aliphatic rings. The maximum atomic E-state index is 12.3. The first-order valence-electron chi connectivity index (χ1n) is 6.04. The Labute approximate surface area is 119 Å². The van der Waals surface area contributed by atoms with Gasteiger partial charge < -0.3 is 9.13 Å². The normalized spacial score (nSPS) is 11.1. The molecule has 3 rings (SSSR count). The standard InChI is InChI=1S/C15H13BrN2O/c1-17-7-2-3-14(17)15(19)10-18-8-6-11-9-12(16)4-5-13(11)18/h2-9H,10H2,1H3. The molecule has 0 bridgehead atoms. The molecule has 0 unspecified atom stereocenters. The van der Waals surface area contributed by atoms with Crippen LogP contribution >= 0.6 is 15.9 Å². The molecule has 4 heteroatoms. The topological polar surface area (TPSA) is 26.9 Å². The van der Waals surface area contributed by atoms with Crippen LogP contribution in [0.15, 0.2) is 53.3 Å². The maximum absolute atomic E-state index is 12.3. The lowest BCUT2D eigenvalue weighted by atomic mass is 10.2. The first kappa shape index (κ1) is 12.2. The molecule has 0 atom stereocenters. The van der Waals surface area contributed by atoms with Crippen LogP contribution in [0.25, 0.3) is 10.9 Å². The van der Waals surface area contributed by atoms with Crippen molar-refractivity contribution in [1.82, 2.24) is 9.13 Å². The van der Waals surface area contributed by atoms with E-state index in [1.54, 1.807) is 0 Å². The Kier molecular flexibility index (Phi) is 3.03. The van der Waals surface area contributed by atoms with Gasteiger partial charge in [-0.2, -0.15) is 0 Å². The molecule has 0 radical (unpaired) electrons. The lowest BCUT2D eigenvalue weighted by Gasteiger charge is -2.06. The van der Waals surface area contributed by atoms with Crippen molar-refractivity contribution in [3.8, 4) is 0 Å². The fraction of sp³-hybridized carbons (Fsp3) is 0.133. The summed E-state index contributed by atoms with van der Waals surface area (Å²) in [5.74, 6) is 0.118. The first-order chi connectivity index (χ1) is 9.15. The van der Waals surface area contributed by atoms with Gasteiger partial charge in [-0.25, -0.2) is 0 Å². The van der Waals surface area contributed by atoms with Crippen molar-refractivity contribution in [2.45, 2.75) is 6.54 Å². The number of halogens is 1. The van der Waals surface area contributed by atoms with E-state index >= 15 is 0 Å². The van der Waals surface area contributed by atoms with Crippen LogP contribution in [0.3, 0.4) is 0 Å². The smallest absolute Gasteiger partial charge is 0.198 e. The molecule has 3 aromatic rings. The van der Waals surface area contributed by atoms with E-state index in [4.69, 9.17) is 0 Å². The van der Waals surface area contributed by atoms with Crippen molar-refractivity contribution in [3.63, 3.8) is 0 Å². The average Bonchev–Trinajstić information content (AvgIpc) is 2.96. The number of carbonyl (C=O) groups excluding carboxylic acids is 1. The van der Waals surface area contributed by atoms with Gasteiger partial charge in [0.25, 0.3) is 0 Å². The van der Waals surface area contributed by atoms with E-state index < -0.39 is 0 Å². The van der Waals surface area contributed by atoms with Crippen LogP contribution in [-0.2, 0) is 13.6 Å². The van der Waals surface area contributed by atoms with Gasteiger partial charge >= 0.3 is 0 Å². The van der Waals surface area contributed by atoms with Crippen LogP contribution in [0.5, 0.6) is 0 Å². The van der Waals surface area contributed by atoms with E-state index in [9.17, 15) is 4.79 Å². The zero-order chi connectivity index (χ0) is 13.4. The highest BCUT2D eigenvalue weighted by molar-refractivity contribution is 9.10. The molecule has 0 fully saturated rings. The van der Waals surface area contributed by atoms with Crippen molar-refractivity contribution in [2.75, 3.05) is 0 Å². The minimum Gasteiger partial charge on any atom is -0.348 e. The summed E-state index contributed by atoms with van der Waals surface area (Å²) in [6.07, 6.45) is 3.84. The lowest BCUT2D eigenvalue weighted by molar-refractivity contribution is 0.0965. The molecule has 0 amide bonds. The van der Waals surface area contributed by atoms with Gasteiger partial charge in [0, 0.05) is 34.8 Å². The molecule has 96 valence electrons. The van der Waals surface area contributed by atoms with Gasteiger partial charge in [0.2, 0.25) is 0 Å². The number of hydrogen-bond acceptors (Lipinski definition) is 1. The van der Waals surface area contributed by atoms with E-state index in [-0.39, 0.29) is 5.78 Å². The zero-order valence-corrected chi connectivity index (χ0v) is 12.1. The summed E-state index contributed by atoms with van der Waals surface area (Å²) in [6.45, 7) is 0.364. The predicted octanol–water partition coefficient (Wildman–Crippen LogP) is 3.63. The number of nitrogens with zero attached hydrogens (tertiary/aromatic N) is 2. The van der Waals surface area contributed by atoms with Crippen LogP contribution < -0.4 is 0 Å². The Bertz CT molecular complexity index is 754. The molecule has 0 saturated heterocycles. The number of hydrogen-bond donors (Lipinski definition) is 0. The fourth-order valence-electron chi connectivity index (χ4n) is 2.30. The van der Waals surface area contributed by atoms with Crippen molar-refractivity contribution in [1.29, 1.82) is 0 Å². The number of benzene rings is 1. The molecule has 1 aromatic carbocycles. The number of aryl methyl sites for hydroxylation is 1. The third-order valence-electron chi connectivity index (χ3n) is 3.28. The number of fused-ring (bicyclic) bond motifs is 1. The van der Waals surface area contributed by atoms with Crippen molar-refractivity contribution >= 4 is 32.6 Å². The molecule has 2 aromatic heterocycles. The summed E-state index contributed by atoms with van der Waals surface area (Å²) in [4.78, 5) is 12.3. The molecular formula is C15H13BrN2O. The number of Topliss-reactive ketones (excluding diaryl/α,β-unsaturated/α-hetero) is 1. The van der Waals surface area contributed by atoms with E-state index in [1.807, 2.05) is 58.9 Å². The number of ketones is 1. The Balaban J connectivity index is 1.94. The third-order valence-corrected chi connectivity index (χ3v) is 3.77. The second-order valence-electron chi connectivity index (χ2n) is 4.57. The summed E-state index contributed by atoms with van der Waals surface area (Å²) < 4.78 is 4.88. The van der Waals surface area contributed by atoms with Crippen LogP contribution in [0.2, 0.25) is 0 Å². The SMILES string of the molecule is Cn1cccc1C(=O)Cn1ccc2cc(Br)ccc21. The summed E-state index contributed by atoms with van der Waals surface area (Å²) in [5, 5.41) is 1.13. The van der Waals surface area contributed by atoms with Crippen molar-refractivity contribution in [2.24, 2.45) is 7.05 Å². The van der Waals surface area contributed by atoms with Gasteiger partial charge in [-0.15, -0.1) is 0 Å². The van der Waals surface area contributed by atoms with Gasteiger partial charge in [-0.3, -0.25) is 4.79 Å². The molecule has 0 saturated carbocycles. The highest BCUT2D eigenvalue weighted by atomic mass is 79.9. The monoisotopic (exact) mass is 316 g/mol. The van der Waals surface area contributed by atoms with E-state index in [0.717, 1.165) is 21.1 Å². The molecule has 0 aliphatic heterocycles. The highest BCUT2D eigenvalue weighted by Crippen LogP contribution is 2.21. The quantitative estimate of drug-likeness (QED) is 0.678. The second kappa shape index (κ2) is 4.70. The van der Waals surface area contributed by atoms with Crippen LogP contribution in [0, 0.1) is 0 Å². The van der Waals surface area contributed by atoms with Crippen LogP contribution in [0.4, 0.5) is 0 Å². The van der Waals surface area contributed by atoms with Crippen LogP contribution in [0.1, 0.15) is 10.5 Å². The minimum absolute atomic E-state index is 0.118. The molecule has 0 aliphatic carbocycles. The van der Waals surface area contributed by atoms with Crippen LogP contribution in [-0.4, -0.2) is 14.9 Å².